The van der Waals surface area contributed by atoms with Crippen molar-refractivity contribution in [2.75, 3.05) is 20.1 Å². The summed E-state index contributed by atoms with van der Waals surface area (Å²) in [6.07, 6.45) is 0.727. The molecule has 0 saturated heterocycles. The summed E-state index contributed by atoms with van der Waals surface area (Å²) >= 11 is 18.4. The van der Waals surface area contributed by atoms with Gasteiger partial charge in [-0.1, -0.05) is 47.8 Å². The molecule has 1 atom stereocenters. The van der Waals surface area contributed by atoms with Gasteiger partial charge in [0, 0.05) is 40.8 Å². The molecule has 0 bridgehead atoms. The Morgan fingerprint density at radius 2 is 1.61 bits per heavy atom. The van der Waals surface area contributed by atoms with Gasteiger partial charge in [-0.05, 0) is 49.7 Å². The predicted molar refractivity (Wildman–Crippen MR) is 131 cm³/mol. The molecule has 0 aromatic heterocycles. The number of carbonyl (C=O) groups is 2. The summed E-state index contributed by atoms with van der Waals surface area (Å²) in [5, 5.41) is 3.82. The van der Waals surface area contributed by atoms with Crippen molar-refractivity contribution in [2.45, 2.75) is 37.8 Å². The first-order valence-electron chi connectivity index (χ1n) is 10.2. The molecular weight excluding hydrogens is 509 g/mol. The van der Waals surface area contributed by atoms with E-state index in [1.54, 1.807) is 25.1 Å². The highest BCUT2D eigenvalue weighted by Gasteiger charge is 2.31. The summed E-state index contributed by atoms with van der Waals surface area (Å²) in [7, 11) is -2.66. The third kappa shape index (κ3) is 7.07. The highest BCUT2D eigenvalue weighted by atomic mass is 35.5. The van der Waals surface area contributed by atoms with Crippen LogP contribution in [0.5, 0.6) is 0 Å². The number of amides is 2. The molecule has 0 heterocycles. The number of carbonyl (C=O) groups excluding carboxylic acids is 2. The van der Waals surface area contributed by atoms with Crippen LogP contribution in [0, 0.1) is 0 Å². The molecule has 0 fully saturated rings. The van der Waals surface area contributed by atoms with E-state index in [-0.39, 0.29) is 17.3 Å². The molecule has 0 radical (unpaired) electrons. The Labute approximate surface area is 209 Å². The van der Waals surface area contributed by atoms with Gasteiger partial charge in [0.15, 0.2) is 0 Å². The van der Waals surface area contributed by atoms with Crippen LogP contribution >= 0.6 is 34.8 Å². The lowest BCUT2D eigenvalue weighted by molar-refractivity contribution is -0.140. The fourth-order valence-electron chi connectivity index (χ4n) is 2.99. The summed E-state index contributed by atoms with van der Waals surface area (Å²) in [4.78, 5) is 27.2. The zero-order chi connectivity index (χ0) is 24.8. The molecule has 2 rings (SSSR count). The molecule has 0 aliphatic carbocycles. The van der Waals surface area contributed by atoms with E-state index in [1.165, 1.54) is 36.2 Å². The van der Waals surface area contributed by atoms with Crippen LogP contribution in [0.4, 0.5) is 0 Å². The van der Waals surface area contributed by atoms with E-state index in [1.807, 2.05) is 6.92 Å². The molecule has 2 amide bonds. The molecule has 33 heavy (non-hydrogen) atoms. The Morgan fingerprint density at radius 1 is 1.03 bits per heavy atom. The van der Waals surface area contributed by atoms with Crippen LogP contribution in [0.1, 0.15) is 25.8 Å². The van der Waals surface area contributed by atoms with Crippen LogP contribution in [0.25, 0.3) is 0 Å². The number of likely N-dealkylation sites (N-methyl/N-ethyl adjacent to an activating group) is 1. The van der Waals surface area contributed by atoms with Crippen LogP contribution in [0.2, 0.25) is 15.1 Å². The Hall–Kier alpha value is -1.84. The average molecular weight is 535 g/mol. The maximum Gasteiger partial charge on any atom is 0.243 e. The van der Waals surface area contributed by atoms with Gasteiger partial charge in [-0.3, -0.25) is 9.59 Å². The van der Waals surface area contributed by atoms with E-state index in [0.29, 0.717) is 27.2 Å². The minimum atomic E-state index is -3.96. The molecule has 1 N–H and O–H groups in total. The molecule has 7 nitrogen and oxygen atoms in total. The molecule has 11 heteroatoms. The van der Waals surface area contributed by atoms with E-state index in [2.05, 4.69) is 5.32 Å². The van der Waals surface area contributed by atoms with Gasteiger partial charge < -0.3 is 10.2 Å². The third-order valence-corrected chi connectivity index (χ3v) is 7.76. The van der Waals surface area contributed by atoms with Crippen molar-refractivity contribution in [2.24, 2.45) is 0 Å². The van der Waals surface area contributed by atoms with E-state index in [0.717, 1.165) is 10.7 Å². The Morgan fingerprint density at radius 3 is 2.15 bits per heavy atom. The fourth-order valence-corrected chi connectivity index (χ4v) is 4.75. The first kappa shape index (κ1) is 27.4. The van der Waals surface area contributed by atoms with Crippen molar-refractivity contribution in [1.82, 2.24) is 14.5 Å². The fraction of sp³-hybridized carbons (Fsp3) is 0.364. The highest BCUT2D eigenvalue weighted by molar-refractivity contribution is 7.89. The molecule has 0 aliphatic heterocycles. The number of nitrogens with one attached hydrogen (secondary N) is 1. The van der Waals surface area contributed by atoms with Crippen molar-refractivity contribution in [3.05, 3.63) is 63.1 Å². The second kappa shape index (κ2) is 12.0. The van der Waals surface area contributed by atoms with Crippen LogP contribution in [-0.2, 0) is 26.2 Å². The first-order chi connectivity index (χ1) is 15.5. The molecule has 0 aliphatic rings. The van der Waals surface area contributed by atoms with Gasteiger partial charge in [0.2, 0.25) is 21.8 Å². The lowest BCUT2D eigenvalue weighted by atomic mass is 10.1. The smallest absolute Gasteiger partial charge is 0.243 e. The zero-order valence-corrected chi connectivity index (χ0v) is 21.6. The largest absolute Gasteiger partial charge is 0.354 e. The Balaban J connectivity index is 2.32. The number of rotatable bonds is 10. The number of hydrogen-bond donors (Lipinski definition) is 1. The summed E-state index contributed by atoms with van der Waals surface area (Å²) in [5.41, 5.74) is 0.465. The van der Waals surface area contributed by atoms with Crippen LogP contribution in [0.15, 0.2) is 47.4 Å². The molecule has 2 aromatic carbocycles. The monoisotopic (exact) mass is 533 g/mol. The summed E-state index contributed by atoms with van der Waals surface area (Å²) < 4.78 is 26.7. The lowest BCUT2D eigenvalue weighted by Crippen LogP contribution is -2.50. The molecule has 0 unspecified atom stereocenters. The second-order valence-electron chi connectivity index (χ2n) is 7.40. The minimum absolute atomic E-state index is 0.00312. The number of hydrogen-bond acceptors (Lipinski definition) is 4. The quantitative estimate of drug-likeness (QED) is 0.495. The summed E-state index contributed by atoms with van der Waals surface area (Å²) in [6, 6.07) is 9.68. The standard InChI is InChI=1S/C22H26Cl3N3O4S/c1-4-12-26-22(30)15(2)28(13-18-19(24)6-5-7-20(18)25)21(29)14-27(3)33(31,32)17-10-8-16(23)9-11-17/h5-11,15H,4,12-14H2,1-3H3,(H,26,30)/t15-/m1/s1. The molecule has 0 saturated carbocycles. The molecular formula is C22H26Cl3N3O4S. The Kier molecular flexibility index (Phi) is 10.00. The van der Waals surface area contributed by atoms with Gasteiger partial charge in [-0.15, -0.1) is 0 Å². The normalized spacial score (nSPS) is 12.5. The molecule has 2 aromatic rings. The van der Waals surface area contributed by atoms with Crippen molar-refractivity contribution >= 4 is 56.6 Å². The van der Waals surface area contributed by atoms with E-state index >= 15 is 0 Å². The summed E-state index contributed by atoms with van der Waals surface area (Å²) in [6.45, 7) is 3.38. The third-order valence-electron chi connectivity index (χ3n) is 4.99. The first-order valence-corrected chi connectivity index (χ1v) is 12.8. The van der Waals surface area contributed by atoms with Crippen LogP contribution in [0.3, 0.4) is 0 Å². The average Bonchev–Trinajstić information content (AvgIpc) is 2.77. The summed E-state index contributed by atoms with van der Waals surface area (Å²) in [5.74, 6) is -0.943. The second-order valence-corrected chi connectivity index (χ2v) is 10.7. The van der Waals surface area contributed by atoms with E-state index < -0.39 is 28.5 Å². The van der Waals surface area contributed by atoms with Gasteiger partial charge in [0.05, 0.1) is 11.4 Å². The minimum Gasteiger partial charge on any atom is -0.354 e. The molecule has 180 valence electrons. The van der Waals surface area contributed by atoms with Gasteiger partial charge in [0.25, 0.3) is 0 Å². The van der Waals surface area contributed by atoms with Gasteiger partial charge in [-0.2, -0.15) is 4.31 Å². The number of halogens is 3. The maximum absolute atomic E-state index is 13.3. The van der Waals surface area contributed by atoms with Gasteiger partial charge >= 0.3 is 0 Å². The van der Waals surface area contributed by atoms with Crippen molar-refractivity contribution < 1.29 is 18.0 Å². The molecule has 0 spiro atoms. The SMILES string of the molecule is CCCNC(=O)[C@@H](C)N(Cc1c(Cl)cccc1Cl)C(=O)CN(C)S(=O)(=O)c1ccc(Cl)cc1. The number of benzene rings is 2. The van der Waals surface area contributed by atoms with Crippen molar-refractivity contribution in [3.63, 3.8) is 0 Å². The topological polar surface area (TPSA) is 86.8 Å². The predicted octanol–water partition coefficient (Wildman–Crippen LogP) is 4.21. The number of sulfonamides is 1. The van der Waals surface area contributed by atoms with Gasteiger partial charge in [-0.25, -0.2) is 8.42 Å². The van der Waals surface area contributed by atoms with Gasteiger partial charge in [0.1, 0.15) is 6.04 Å². The van der Waals surface area contributed by atoms with Crippen LogP contribution in [-0.4, -0.2) is 55.6 Å². The van der Waals surface area contributed by atoms with E-state index in [4.69, 9.17) is 34.8 Å². The Bertz CT molecular complexity index is 1070. The highest BCUT2D eigenvalue weighted by Crippen LogP contribution is 2.27. The van der Waals surface area contributed by atoms with E-state index in [9.17, 15) is 18.0 Å². The lowest BCUT2D eigenvalue weighted by Gasteiger charge is -2.30. The van der Waals surface area contributed by atoms with Crippen molar-refractivity contribution in [1.29, 1.82) is 0 Å². The maximum atomic E-state index is 13.3. The van der Waals surface area contributed by atoms with Crippen molar-refractivity contribution in [3.8, 4) is 0 Å². The van der Waals surface area contributed by atoms with Crippen LogP contribution < -0.4 is 5.32 Å². The zero-order valence-electron chi connectivity index (χ0n) is 18.5. The number of nitrogens with zero attached hydrogens (tertiary/aromatic N) is 2.